The Morgan fingerprint density at radius 3 is 2.54 bits per heavy atom. The second kappa shape index (κ2) is 11.8. The van der Waals surface area contributed by atoms with E-state index in [0.29, 0.717) is 35.7 Å². The summed E-state index contributed by atoms with van der Waals surface area (Å²) in [4.78, 5) is 31.6. The van der Waals surface area contributed by atoms with Crippen LogP contribution in [0.4, 0.5) is 24.5 Å². The largest absolute Gasteiger partial charge is 0.416 e. The lowest BCUT2D eigenvalue weighted by atomic mass is 10.0. The highest BCUT2D eigenvalue weighted by Crippen LogP contribution is 2.34. The Morgan fingerprint density at radius 1 is 1.00 bits per heavy atom. The molecule has 2 aromatic heterocycles. The first kappa shape index (κ1) is 27.9. The molecule has 0 saturated carbocycles. The second-order valence-electron chi connectivity index (χ2n) is 9.92. The summed E-state index contributed by atoms with van der Waals surface area (Å²) >= 11 is 0. The quantitative estimate of drug-likeness (QED) is 0.276. The summed E-state index contributed by atoms with van der Waals surface area (Å²) in [5.74, 6) is -1.12. The zero-order chi connectivity index (χ0) is 29.0. The van der Waals surface area contributed by atoms with Crippen molar-refractivity contribution in [3.05, 3.63) is 95.0 Å². The fourth-order valence-corrected chi connectivity index (χ4v) is 4.70. The van der Waals surface area contributed by atoms with Gasteiger partial charge in [0.25, 0.3) is 11.8 Å². The van der Waals surface area contributed by atoms with Crippen molar-refractivity contribution in [2.24, 2.45) is 0 Å². The van der Waals surface area contributed by atoms with Crippen molar-refractivity contribution in [2.45, 2.75) is 38.9 Å². The van der Waals surface area contributed by atoms with E-state index in [-0.39, 0.29) is 17.9 Å². The average molecular weight is 564 g/mol. The van der Waals surface area contributed by atoms with Crippen molar-refractivity contribution in [3.8, 4) is 11.3 Å². The van der Waals surface area contributed by atoms with Gasteiger partial charge in [0.2, 0.25) is 5.76 Å². The third-order valence-electron chi connectivity index (χ3n) is 6.91. The normalized spacial score (nSPS) is 13.6. The number of nitrogens with zero attached hydrogens (tertiary/aromatic N) is 3. The Bertz CT molecular complexity index is 1550. The number of benzene rings is 2. The minimum absolute atomic E-state index is 0.00642. The van der Waals surface area contributed by atoms with Gasteiger partial charge in [-0.15, -0.1) is 0 Å². The average Bonchev–Trinajstić information content (AvgIpc) is 3.47. The number of anilines is 2. The van der Waals surface area contributed by atoms with Crippen molar-refractivity contribution in [2.75, 3.05) is 23.3 Å². The predicted molar refractivity (Wildman–Crippen MR) is 148 cm³/mol. The van der Waals surface area contributed by atoms with Crippen LogP contribution in [-0.4, -0.2) is 35.0 Å². The topological polar surface area (TPSA) is 100 Å². The van der Waals surface area contributed by atoms with E-state index >= 15 is 0 Å². The molecule has 2 aromatic carbocycles. The van der Waals surface area contributed by atoms with E-state index in [4.69, 9.17) is 4.52 Å². The minimum Gasteiger partial charge on any atom is -0.372 e. The van der Waals surface area contributed by atoms with Gasteiger partial charge in [0.15, 0.2) is 0 Å². The first-order valence-corrected chi connectivity index (χ1v) is 13.2. The van der Waals surface area contributed by atoms with Crippen molar-refractivity contribution < 1.29 is 27.3 Å². The first-order chi connectivity index (χ1) is 19.7. The molecule has 2 amide bonds. The zero-order valence-electron chi connectivity index (χ0n) is 22.3. The number of piperidine rings is 1. The molecule has 1 saturated heterocycles. The Hall–Kier alpha value is -4.67. The molecule has 0 radical (unpaired) electrons. The molecule has 5 rings (SSSR count). The summed E-state index contributed by atoms with van der Waals surface area (Å²) < 4.78 is 46.3. The molecular weight excluding hydrogens is 535 g/mol. The number of nitrogens with one attached hydrogen (secondary N) is 2. The van der Waals surface area contributed by atoms with Gasteiger partial charge in [0.1, 0.15) is 5.69 Å². The smallest absolute Gasteiger partial charge is 0.372 e. The van der Waals surface area contributed by atoms with Crippen LogP contribution >= 0.6 is 0 Å². The Morgan fingerprint density at radius 2 is 1.80 bits per heavy atom. The molecule has 0 atom stereocenters. The van der Waals surface area contributed by atoms with Crippen LogP contribution in [0.15, 0.2) is 71.5 Å². The number of alkyl halides is 3. The van der Waals surface area contributed by atoms with E-state index in [1.807, 2.05) is 17.9 Å². The lowest BCUT2D eigenvalue weighted by molar-refractivity contribution is -0.137. The molecule has 1 fully saturated rings. The minimum atomic E-state index is -4.59. The van der Waals surface area contributed by atoms with E-state index in [1.54, 1.807) is 36.7 Å². The van der Waals surface area contributed by atoms with Crippen LogP contribution in [-0.2, 0) is 12.7 Å². The Kier molecular flexibility index (Phi) is 8.04. The van der Waals surface area contributed by atoms with Gasteiger partial charge in [-0.25, -0.2) is 0 Å². The number of pyridine rings is 1. The van der Waals surface area contributed by atoms with Gasteiger partial charge in [-0.1, -0.05) is 17.3 Å². The van der Waals surface area contributed by atoms with Gasteiger partial charge in [-0.2, -0.15) is 13.2 Å². The molecule has 4 aromatic rings. The molecule has 0 unspecified atom stereocenters. The highest BCUT2D eigenvalue weighted by atomic mass is 19.4. The summed E-state index contributed by atoms with van der Waals surface area (Å²) in [5, 5.41) is 9.46. The van der Waals surface area contributed by atoms with Crippen LogP contribution in [0.5, 0.6) is 0 Å². The Balaban J connectivity index is 1.34. The van der Waals surface area contributed by atoms with Crippen LogP contribution < -0.4 is 15.5 Å². The number of aryl methyl sites for hydroxylation is 1. The maximum Gasteiger partial charge on any atom is 0.416 e. The third-order valence-corrected chi connectivity index (χ3v) is 6.91. The molecule has 0 spiro atoms. The van der Waals surface area contributed by atoms with Crippen LogP contribution in [0.3, 0.4) is 0 Å². The predicted octanol–water partition coefficient (Wildman–Crippen LogP) is 6.24. The molecule has 1 aliphatic rings. The molecule has 3 heterocycles. The number of rotatable bonds is 7. The molecule has 212 valence electrons. The van der Waals surface area contributed by atoms with Crippen LogP contribution in [0.1, 0.15) is 56.9 Å². The van der Waals surface area contributed by atoms with Gasteiger partial charge >= 0.3 is 6.18 Å². The fraction of sp³-hybridized carbons (Fsp3) is 0.267. The van der Waals surface area contributed by atoms with Crippen molar-refractivity contribution >= 4 is 23.2 Å². The summed E-state index contributed by atoms with van der Waals surface area (Å²) in [7, 11) is 0. The first-order valence-electron chi connectivity index (χ1n) is 13.2. The number of amides is 2. The fourth-order valence-electron chi connectivity index (χ4n) is 4.70. The van der Waals surface area contributed by atoms with Gasteiger partial charge in [0.05, 0.1) is 5.56 Å². The van der Waals surface area contributed by atoms with E-state index < -0.39 is 23.6 Å². The third kappa shape index (κ3) is 6.74. The highest BCUT2D eigenvalue weighted by Gasteiger charge is 2.32. The maximum atomic E-state index is 13.7. The van der Waals surface area contributed by atoms with E-state index in [1.165, 1.54) is 12.1 Å². The van der Waals surface area contributed by atoms with Gasteiger partial charge in [-0.3, -0.25) is 14.6 Å². The van der Waals surface area contributed by atoms with E-state index in [9.17, 15) is 22.8 Å². The maximum absolute atomic E-state index is 13.7. The number of aromatic nitrogens is 2. The number of hydrogen-bond acceptors (Lipinski definition) is 6. The molecule has 8 nitrogen and oxygen atoms in total. The molecular formula is C30H28F3N5O3. The van der Waals surface area contributed by atoms with Gasteiger partial charge in [-0.05, 0) is 73.7 Å². The zero-order valence-corrected chi connectivity index (χ0v) is 22.3. The number of halogens is 3. The molecule has 11 heteroatoms. The molecule has 0 aliphatic carbocycles. The molecule has 2 N–H and O–H groups in total. The molecule has 41 heavy (non-hydrogen) atoms. The number of hydrogen-bond donors (Lipinski definition) is 2. The van der Waals surface area contributed by atoms with Crippen LogP contribution in [0.2, 0.25) is 0 Å². The lowest BCUT2D eigenvalue weighted by Crippen LogP contribution is -2.30. The van der Waals surface area contributed by atoms with E-state index in [2.05, 4.69) is 20.8 Å². The Labute approximate surface area is 234 Å². The second-order valence-corrected chi connectivity index (χ2v) is 9.92. The van der Waals surface area contributed by atoms with Gasteiger partial charge < -0.3 is 20.1 Å². The summed E-state index contributed by atoms with van der Waals surface area (Å²) in [5.41, 5.74) is 2.37. The van der Waals surface area contributed by atoms with E-state index in [0.717, 1.165) is 42.5 Å². The summed E-state index contributed by atoms with van der Waals surface area (Å²) in [6.07, 6.45) is 1.50. The number of carbonyl (C=O) groups excluding carboxylic acids is 2. The van der Waals surface area contributed by atoms with Crippen LogP contribution in [0, 0.1) is 6.92 Å². The van der Waals surface area contributed by atoms with Gasteiger partial charge in [0, 0.05) is 60.6 Å². The van der Waals surface area contributed by atoms with Crippen molar-refractivity contribution in [1.29, 1.82) is 0 Å². The highest BCUT2D eigenvalue weighted by molar-refractivity contribution is 6.05. The lowest BCUT2D eigenvalue weighted by Gasteiger charge is -2.29. The summed E-state index contributed by atoms with van der Waals surface area (Å²) in [6, 6.07) is 13.6. The van der Waals surface area contributed by atoms with Crippen molar-refractivity contribution in [3.63, 3.8) is 0 Å². The SMILES string of the molecule is Cc1ccc(NC(=O)c2cc(N3CCCCC3)cc(C(F)(F)F)c2)cc1-c1cc(C(=O)NCc2cccnc2)on1. The monoisotopic (exact) mass is 563 g/mol. The summed E-state index contributed by atoms with van der Waals surface area (Å²) in [6.45, 7) is 3.38. The van der Waals surface area contributed by atoms with Crippen molar-refractivity contribution in [1.82, 2.24) is 15.5 Å². The van der Waals surface area contributed by atoms with Crippen LogP contribution in [0.25, 0.3) is 11.3 Å². The standard InChI is InChI=1S/C30H28F3N5O3/c1-19-7-8-23(15-25(19)26-16-27(41-37-26)29(40)35-18-20-6-5-9-34-17-20)36-28(39)21-12-22(30(31,32)33)14-24(13-21)38-10-3-2-4-11-38/h5-9,12-17H,2-4,10-11,18H2,1H3,(H,35,40)(H,36,39). The molecule has 0 bridgehead atoms. The molecule has 1 aliphatic heterocycles. The number of carbonyl (C=O) groups is 2.